The van der Waals surface area contributed by atoms with Crippen LogP contribution in [0.5, 0.6) is 0 Å². The molecule has 3 aromatic rings. The molecule has 1 atom stereocenters. The van der Waals surface area contributed by atoms with Crippen LogP contribution in [0.1, 0.15) is 6.42 Å². The van der Waals surface area contributed by atoms with Crippen molar-refractivity contribution in [3.63, 3.8) is 0 Å². The largest absolute Gasteiger partial charge is 0.323 e. The van der Waals surface area contributed by atoms with E-state index in [1.54, 1.807) is 48.5 Å². The number of hydrogen-bond acceptors (Lipinski definition) is 4. The number of thioether (sulfide) groups is 1. The van der Waals surface area contributed by atoms with Gasteiger partial charge in [0.1, 0.15) is 0 Å². The Hall–Kier alpha value is -3.58. The highest BCUT2D eigenvalue weighted by molar-refractivity contribution is 8.00. The molecule has 1 aliphatic heterocycles. The van der Waals surface area contributed by atoms with E-state index in [1.807, 2.05) is 36.4 Å². The highest BCUT2D eigenvalue weighted by Crippen LogP contribution is 2.34. The van der Waals surface area contributed by atoms with Gasteiger partial charge in [-0.05, 0) is 48.5 Å². The number of benzene rings is 3. The molecular formula is C23H19N3O3S. The molecule has 7 heteroatoms. The second kappa shape index (κ2) is 8.84. The highest BCUT2D eigenvalue weighted by Gasteiger charge is 2.40. The Labute approximate surface area is 178 Å². The number of nitrogens with zero attached hydrogens (tertiary/aromatic N) is 1. The first kappa shape index (κ1) is 19.7. The van der Waals surface area contributed by atoms with Gasteiger partial charge in [-0.25, -0.2) is 9.69 Å². The van der Waals surface area contributed by atoms with Crippen LogP contribution < -0.4 is 15.5 Å². The summed E-state index contributed by atoms with van der Waals surface area (Å²) >= 11 is 1.35. The lowest BCUT2D eigenvalue weighted by molar-refractivity contribution is -0.121. The smallest absolute Gasteiger partial charge is 0.308 e. The van der Waals surface area contributed by atoms with Crippen molar-refractivity contribution in [3.8, 4) is 0 Å². The summed E-state index contributed by atoms with van der Waals surface area (Å²) in [5, 5.41) is 5.06. The maximum Gasteiger partial charge on any atom is 0.323 e. The van der Waals surface area contributed by atoms with Crippen molar-refractivity contribution in [2.45, 2.75) is 16.6 Å². The molecule has 150 valence electrons. The highest BCUT2D eigenvalue weighted by atomic mass is 32.2. The summed E-state index contributed by atoms with van der Waals surface area (Å²) in [7, 11) is 0. The number of amides is 4. The van der Waals surface area contributed by atoms with Gasteiger partial charge >= 0.3 is 6.03 Å². The summed E-state index contributed by atoms with van der Waals surface area (Å²) in [6, 6.07) is 25.0. The lowest BCUT2D eigenvalue weighted by Gasteiger charge is -2.14. The molecule has 3 aromatic carbocycles. The topological polar surface area (TPSA) is 78.5 Å². The average molecular weight is 417 g/mol. The number of imide groups is 1. The first-order valence-corrected chi connectivity index (χ1v) is 10.3. The van der Waals surface area contributed by atoms with Crippen LogP contribution in [-0.4, -0.2) is 23.1 Å². The van der Waals surface area contributed by atoms with E-state index in [0.717, 1.165) is 4.90 Å². The molecular weight excluding hydrogens is 398 g/mol. The van der Waals surface area contributed by atoms with E-state index in [4.69, 9.17) is 0 Å². The molecule has 0 spiro atoms. The Bertz CT molecular complexity index is 1060. The molecule has 0 aliphatic carbocycles. The Morgan fingerprint density at radius 2 is 1.37 bits per heavy atom. The quantitative estimate of drug-likeness (QED) is 0.587. The van der Waals surface area contributed by atoms with Gasteiger partial charge in [0.2, 0.25) is 11.8 Å². The van der Waals surface area contributed by atoms with Gasteiger partial charge in [-0.2, -0.15) is 0 Å². The molecule has 30 heavy (non-hydrogen) atoms. The normalized spacial score (nSPS) is 15.9. The number of nitrogens with one attached hydrogen (secondary N) is 2. The minimum absolute atomic E-state index is 0.165. The first-order valence-electron chi connectivity index (χ1n) is 9.42. The Morgan fingerprint density at radius 3 is 2.00 bits per heavy atom. The Kier molecular flexibility index (Phi) is 5.81. The second-order valence-corrected chi connectivity index (χ2v) is 7.96. The minimum atomic E-state index is -0.460. The van der Waals surface area contributed by atoms with Crippen molar-refractivity contribution in [1.82, 2.24) is 0 Å². The Balaban J connectivity index is 1.36. The minimum Gasteiger partial charge on any atom is -0.308 e. The van der Waals surface area contributed by atoms with Gasteiger partial charge in [0.25, 0.3) is 0 Å². The molecule has 1 fully saturated rings. The number of hydrogen-bond donors (Lipinski definition) is 2. The van der Waals surface area contributed by atoms with Crippen LogP contribution in [0.15, 0.2) is 89.8 Å². The molecule has 0 bridgehead atoms. The SMILES string of the molecule is O=C(Nc1ccccc1)Nc1ccc(SC2CC(=O)N(c3ccccc3)C2=O)cc1. The molecule has 1 heterocycles. The summed E-state index contributed by atoms with van der Waals surface area (Å²) in [5.74, 6) is -0.403. The third-order valence-electron chi connectivity index (χ3n) is 4.54. The zero-order valence-corrected chi connectivity index (χ0v) is 16.8. The number of anilines is 3. The van der Waals surface area contributed by atoms with Crippen LogP contribution >= 0.6 is 11.8 Å². The summed E-state index contributed by atoms with van der Waals surface area (Å²) < 4.78 is 0. The maximum absolute atomic E-state index is 12.7. The van der Waals surface area contributed by atoms with Gasteiger partial charge in [0, 0.05) is 22.7 Å². The second-order valence-electron chi connectivity index (χ2n) is 6.68. The van der Waals surface area contributed by atoms with Crippen LogP contribution in [0, 0.1) is 0 Å². The molecule has 4 rings (SSSR count). The van der Waals surface area contributed by atoms with Crippen molar-refractivity contribution < 1.29 is 14.4 Å². The van der Waals surface area contributed by atoms with Crippen LogP contribution in [-0.2, 0) is 9.59 Å². The predicted molar refractivity (Wildman–Crippen MR) is 119 cm³/mol. The zero-order chi connectivity index (χ0) is 20.9. The first-order chi connectivity index (χ1) is 14.6. The fourth-order valence-corrected chi connectivity index (χ4v) is 4.19. The van der Waals surface area contributed by atoms with Crippen LogP contribution in [0.2, 0.25) is 0 Å². The molecule has 1 aliphatic rings. The van der Waals surface area contributed by atoms with Gasteiger partial charge in [0.15, 0.2) is 0 Å². The van der Waals surface area contributed by atoms with Gasteiger partial charge in [-0.1, -0.05) is 36.4 Å². The van der Waals surface area contributed by atoms with E-state index in [1.165, 1.54) is 16.7 Å². The predicted octanol–water partition coefficient (Wildman–Crippen LogP) is 4.75. The van der Waals surface area contributed by atoms with Crippen molar-refractivity contribution in [1.29, 1.82) is 0 Å². The number of rotatable bonds is 5. The fraction of sp³-hybridized carbons (Fsp3) is 0.0870. The number of carbonyl (C=O) groups is 3. The summed E-state index contributed by atoms with van der Waals surface area (Å²) in [4.78, 5) is 39.3. The number of urea groups is 1. The zero-order valence-electron chi connectivity index (χ0n) is 15.9. The maximum atomic E-state index is 12.7. The molecule has 0 radical (unpaired) electrons. The van der Waals surface area contributed by atoms with Gasteiger partial charge < -0.3 is 10.6 Å². The average Bonchev–Trinajstić information content (AvgIpc) is 3.03. The van der Waals surface area contributed by atoms with Gasteiger partial charge in [0.05, 0.1) is 10.9 Å². The third-order valence-corrected chi connectivity index (χ3v) is 5.74. The molecule has 0 aromatic heterocycles. The molecule has 6 nitrogen and oxygen atoms in total. The summed E-state index contributed by atoms with van der Waals surface area (Å²) in [6.45, 7) is 0. The van der Waals surface area contributed by atoms with Crippen LogP contribution in [0.4, 0.5) is 21.9 Å². The van der Waals surface area contributed by atoms with Gasteiger partial charge in [-0.15, -0.1) is 11.8 Å². The lowest BCUT2D eigenvalue weighted by atomic mass is 10.3. The van der Waals surface area contributed by atoms with Gasteiger partial charge in [-0.3, -0.25) is 9.59 Å². The van der Waals surface area contributed by atoms with Crippen LogP contribution in [0.3, 0.4) is 0 Å². The molecule has 1 saturated heterocycles. The Morgan fingerprint density at radius 1 is 0.800 bits per heavy atom. The summed E-state index contributed by atoms with van der Waals surface area (Å²) in [6.07, 6.45) is 0.165. The van der Waals surface area contributed by atoms with Crippen molar-refractivity contribution in [3.05, 3.63) is 84.9 Å². The van der Waals surface area contributed by atoms with E-state index in [0.29, 0.717) is 17.1 Å². The number of carbonyl (C=O) groups excluding carboxylic acids is 3. The molecule has 1 unspecified atom stereocenters. The van der Waals surface area contributed by atoms with Crippen molar-refractivity contribution in [2.24, 2.45) is 0 Å². The molecule has 2 N–H and O–H groups in total. The third kappa shape index (κ3) is 4.52. The van der Waals surface area contributed by atoms with E-state index in [2.05, 4.69) is 10.6 Å². The lowest BCUT2D eigenvalue weighted by Crippen LogP contribution is -2.30. The monoisotopic (exact) mass is 417 g/mol. The van der Waals surface area contributed by atoms with E-state index in [9.17, 15) is 14.4 Å². The number of para-hydroxylation sites is 2. The van der Waals surface area contributed by atoms with Crippen molar-refractivity contribution in [2.75, 3.05) is 15.5 Å². The van der Waals surface area contributed by atoms with Crippen molar-refractivity contribution >= 4 is 46.7 Å². The van der Waals surface area contributed by atoms with Crippen LogP contribution in [0.25, 0.3) is 0 Å². The van der Waals surface area contributed by atoms with E-state index >= 15 is 0 Å². The fourth-order valence-electron chi connectivity index (χ4n) is 3.14. The summed E-state index contributed by atoms with van der Waals surface area (Å²) in [5.41, 5.74) is 1.93. The standard InChI is InChI=1S/C23H19N3O3S/c27-21-15-20(22(28)26(21)18-9-5-2-6-10-18)30-19-13-11-17(12-14-19)25-23(29)24-16-7-3-1-4-8-16/h1-14,20H,15H2,(H2,24,25,29). The van der Waals surface area contributed by atoms with E-state index < -0.39 is 5.25 Å². The molecule has 4 amide bonds. The molecule has 0 saturated carbocycles. The van der Waals surface area contributed by atoms with E-state index in [-0.39, 0.29) is 24.3 Å².